The van der Waals surface area contributed by atoms with E-state index in [1.807, 2.05) is 0 Å². The molecule has 0 bridgehead atoms. The molecule has 2 atom stereocenters. The topological polar surface area (TPSA) is 116 Å². The Morgan fingerprint density at radius 1 is 1.25 bits per heavy atom. The number of rotatable bonds is 7. The molecule has 2 aromatic carbocycles. The number of benzene rings is 2. The highest BCUT2D eigenvalue weighted by Gasteiger charge is 2.25. The SMILES string of the molecule is NC(C(=O)O)C(F)c1ccc(OCc2ccccc2[N+](=O)[O-])cc1. The molecule has 8 heteroatoms. The molecule has 2 aromatic rings. The molecule has 126 valence electrons. The summed E-state index contributed by atoms with van der Waals surface area (Å²) in [6.07, 6.45) is -1.84. The summed E-state index contributed by atoms with van der Waals surface area (Å²) in [4.78, 5) is 21.1. The summed E-state index contributed by atoms with van der Waals surface area (Å²) in [5.74, 6) is -1.06. The van der Waals surface area contributed by atoms with Crippen molar-refractivity contribution in [2.24, 2.45) is 5.73 Å². The van der Waals surface area contributed by atoms with Crippen LogP contribution in [0, 0.1) is 10.1 Å². The molecule has 0 heterocycles. The van der Waals surface area contributed by atoms with Crippen LogP contribution in [-0.4, -0.2) is 22.0 Å². The quantitative estimate of drug-likeness (QED) is 0.594. The van der Waals surface area contributed by atoms with Gasteiger partial charge in [-0.3, -0.25) is 14.9 Å². The van der Waals surface area contributed by atoms with Gasteiger partial charge in [0.25, 0.3) is 5.69 Å². The van der Waals surface area contributed by atoms with Crippen molar-refractivity contribution in [3.8, 4) is 5.75 Å². The fourth-order valence-electron chi connectivity index (χ4n) is 2.05. The smallest absolute Gasteiger partial charge is 0.323 e. The molecule has 2 rings (SSSR count). The van der Waals surface area contributed by atoms with Gasteiger partial charge in [0.05, 0.1) is 10.5 Å². The van der Waals surface area contributed by atoms with E-state index in [1.165, 1.54) is 30.3 Å². The molecule has 0 spiro atoms. The van der Waals surface area contributed by atoms with E-state index >= 15 is 0 Å². The van der Waals surface area contributed by atoms with E-state index in [1.54, 1.807) is 18.2 Å². The zero-order valence-electron chi connectivity index (χ0n) is 12.5. The molecular weight excluding hydrogens is 319 g/mol. The number of carbonyl (C=O) groups is 1. The van der Waals surface area contributed by atoms with Crippen LogP contribution < -0.4 is 10.5 Å². The second-order valence-electron chi connectivity index (χ2n) is 5.01. The maximum Gasteiger partial charge on any atom is 0.323 e. The van der Waals surface area contributed by atoms with Gasteiger partial charge in [-0.25, -0.2) is 4.39 Å². The van der Waals surface area contributed by atoms with Gasteiger partial charge in [-0.1, -0.05) is 24.3 Å². The third kappa shape index (κ3) is 4.05. The van der Waals surface area contributed by atoms with Crippen molar-refractivity contribution in [2.45, 2.75) is 18.8 Å². The Bertz CT molecular complexity index is 736. The molecule has 0 saturated heterocycles. The van der Waals surface area contributed by atoms with Crippen LogP contribution >= 0.6 is 0 Å². The van der Waals surface area contributed by atoms with Gasteiger partial charge in [-0.15, -0.1) is 0 Å². The van der Waals surface area contributed by atoms with Gasteiger partial charge in [-0.05, 0) is 23.8 Å². The first-order valence-electron chi connectivity index (χ1n) is 6.97. The van der Waals surface area contributed by atoms with Crippen LogP contribution in [0.2, 0.25) is 0 Å². The molecule has 0 aliphatic heterocycles. The number of nitro benzene ring substituents is 1. The summed E-state index contributed by atoms with van der Waals surface area (Å²) in [5, 5.41) is 19.6. The summed E-state index contributed by atoms with van der Waals surface area (Å²) in [7, 11) is 0. The Morgan fingerprint density at radius 3 is 2.46 bits per heavy atom. The van der Waals surface area contributed by atoms with E-state index in [0.29, 0.717) is 11.3 Å². The summed E-state index contributed by atoms with van der Waals surface area (Å²) >= 11 is 0. The van der Waals surface area contributed by atoms with Gasteiger partial charge in [0.15, 0.2) is 6.17 Å². The Balaban J connectivity index is 2.05. The van der Waals surface area contributed by atoms with E-state index in [0.717, 1.165) is 0 Å². The lowest BCUT2D eigenvalue weighted by molar-refractivity contribution is -0.385. The van der Waals surface area contributed by atoms with Crippen LogP contribution in [0.5, 0.6) is 5.75 Å². The number of hydrogen-bond donors (Lipinski definition) is 2. The van der Waals surface area contributed by atoms with Gasteiger partial charge in [0, 0.05) is 6.07 Å². The summed E-state index contributed by atoms with van der Waals surface area (Å²) in [6, 6.07) is 10.2. The van der Waals surface area contributed by atoms with Gasteiger partial charge < -0.3 is 15.6 Å². The third-order valence-electron chi connectivity index (χ3n) is 3.38. The number of nitrogens with two attached hydrogens (primary N) is 1. The number of carboxylic acids is 1. The Hall–Kier alpha value is -3.00. The van der Waals surface area contributed by atoms with E-state index in [2.05, 4.69) is 0 Å². The van der Waals surface area contributed by atoms with E-state index in [9.17, 15) is 19.3 Å². The fourth-order valence-corrected chi connectivity index (χ4v) is 2.05. The van der Waals surface area contributed by atoms with Crippen LogP contribution in [0.25, 0.3) is 0 Å². The summed E-state index contributed by atoms with van der Waals surface area (Å²) < 4.78 is 19.3. The molecule has 0 aromatic heterocycles. The van der Waals surface area contributed by atoms with Crippen molar-refractivity contribution in [2.75, 3.05) is 0 Å². The predicted octanol–water partition coefficient (Wildman–Crippen LogP) is 2.60. The molecule has 0 aliphatic carbocycles. The molecule has 2 unspecified atom stereocenters. The zero-order valence-corrected chi connectivity index (χ0v) is 12.5. The highest BCUT2D eigenvalue weighted by molar-refractivity contribution is 5.74. The number of carboxylic acid groups (broad SMARTS) is 1. The van der Waals surface area contributed by atoms with Crippen LogP contribution in [0.15, 0.2) is 48.5 Å². The van der Waals surface area contributed by atoms with Crippen molar-refractivity contribution in [1.29, 1.82) is 0 Å². The lowest BCUT2D eigenvalue weighted by atomic mass is 10.0. The number of aliphatic carboxylic acids is 1. The fraction of sp³-hybridized carbons (Fsp3) is 0.188. The highest BCUT2D eigenvalue weighted by atomic mass is 19.1. The second-order valence-corrected chi connectivity index (χ2v) is 5.01. The first-order chi connectivity index (χ1) is 11.4. The lowest BCUT2D eigenvalue weighted by Gasteiger charge is -2.13. The number of nitrogens with zero attached hydrogens (tertiary/aromatic N) is 1. The summed E-state index contributed by atoms with van der Waals surface area (Å²) in [6.45, 7) is -0.0236. The van der Waals surface area contributed by atoms with Gasteiger partial charge in [0.1, 0.15) is 18.4 Å². The summed E-state index contributed by atoms with van der Waals surface area (Å²) in [5.41, 5.74) is 5.71. The van der Waals surface area contributed by atoms with Crippen molar-refractivity contribution >= 4 is 11.7 Å². The average Bonchev–Trinajstić information content (AvgIpc) is 2.59. The second kappa shape index (κ2) is 7.51. The molecule has 0 aliphatic rings. The minimum atomic E-state index is -1.84. The first-order valence-corrected chi connectivity index (χ1v) is 6.97. The van der Waals surface area contributed by atoms with Crippen molar-refractivity contribution in [1.82, 2.24) is 0 Å². The van der Waals surface area contributed by atoms with Crippen molar-refractivity contribution < 1.29 is 24.0 Å². The number of ether oxygens (including phenoxy) is 1. The van der Waals surface area contributed by atoms with Gasteiger partial charge in [0.2, 0.25) is 0 Å². The normalized spacial score (nSPS) is 13.1. The minimum absolute atomic E-state index is 0.0236. The van der Waals surface area contributed by atoms with E-state index < -0.39 is 23.1 Å². The largest absolute Gasteiger partial charge is 0.489 e. The van der Waals surface area contributed by atoms with Crippen LogP contribution in [0.1, 0.15) is 17.3 Å². The average molecular weight is 334 g/mol. The minimum Gasteiger partial charge on any atom is -0.489 e. The number of para-hydroxylation sites is 1. The lowest BCUT2D eigenvalue weighted by Crippen LogP contribution is -2.34. The Labute approximate surface area is 136 Å². The highest BCUT2D eigenvalue weighted by Crippen LogP contribution is 2.24. The van der Waals surface area contributed by atoms with Crippen LogP contribution in [0.4, 0.5) is 10.1 Å². The Kier molecular flexibility index (Phi) is 5.43. The van der Waals surface area contributed by atoms with E-state index in [-0.39, 0.29) is 17.9 Å². The molecule has 7 nitrogen and oxygen atoms in total. The van der Waals surface area contributed by atoms with Crippen LogP contribution in [-0.2, 0) is 11.4 Å². The third-order valence-corrected chi connectivity index (χ3v) is 3.38. The molecule has 3 N–H and O–H groups in total. The van der Waals surface area contributed by atoms with Crippen molar-refractivity contribution in [3.05, 3.63) is 69.8 Å². The molecule has 0 saturated carbocycles. The monoisotopic (exact) mass is 334 g/mol. The molecule has 0 amide bonds. The number of nitro groups is 1. The molecular formula is C16H15FN2O5. The zero-order chi connectivity index (χ0) is 17.7. The van der Waals surface area contributed by atoms with Gasteiger partial charge in [-0.2, -0.15) is 0 Å². The predicted molar refractivity (Wildman–Crippen MR) is 83.3 cm³/mol. The Morgan fingerprint density at radius 2 is 1.88 bits per heavy atom. The number of halogens is 1. The van der Waals surface area contributed by atoms with Crippen LogP contribution in [0.3, 0.4) is 0 Å². The maximum atomic E-state index is 13.9. The standard InChI is InChI=1S/C16H15FN2O5/c17-14(15(18)16(20)21)10-5-7-12(8-6-10)24-9-11-3-1-2-4-13(11)19(22)23/h1-8,14-15H,9,18H2,(H,20,21). The number of alkyl halides is 1. The molecule has 24 heavy (non-hydrogen) atoms. The molecule has 0 radical (unpaired) electrons. The maximum absolute atomic E-state index is 13.9. The van der Waals surface area contributed by atoms with E-state index in [4.69, 9.17) is 15.6 Å². The van der Waals surface area contributed by atoms with Gasteiger partial charge >= 0.3 is 5.97 Å². The van der Waals surface area contributed by atoms with Crippen molar-refractivity contribution in [3.63, 3.8) is 0 Å². The molecule has 0 fully saturated rings. The number of hydrogen-bond acceptors (Lipinski definition) is 5. The first kappa shape index (κ1) is 17.4.